The van der Waals surface area contributed by atoms with E-state index in [1.807, 2.05) is 24.3 Å². The van der Waals surface area contributed by atoms with Gasteiger partial charge in [-0.05, 0) is 37.1 Å². The lowest BCUT2D eigenvalue weighted by atomic mass is 9.95. The van der Waals surface area contributed by atoms with Crippen LogP contribution in [0.5, 0.6) is 11.5 Å². The zero-order chi connectivity index (χ0) is 20.5. The molecule has 30 heavy (non-hydrogen) atoms. The predicted molar refractivity (Wildman–Crippen MR) is 108 cm³/mol. The third kappa shape index (κ3) is 3.56. The number of anilines is 1. The molecular formula is C22H21N3O5. The summed E-state index contributed by atoms with van der Waals surface area (Å²) < 4.78 is 15.9. The number of carbonyl (C=O) groups excluding carboxylic acids is 2. The van der Waals surface area contributed by atoms with E-state index in [2.05, 4.69) is 10.5 Å². The second kappa shape index (κ2) is 7.70. The number of nitrogens with one attached hydrogen (secondary N) is 1. The summed E-state index contributed by atoms with van der Waals surface area (Å²) in [5, 5.41) is 7.85. The minimum atomic E-state index is -0.132. The van der Waals surface area contributed by atoms with E-state index >= 15 is 0 Å². The summed E-state index contributed by atoms with van der Waals surface area (Å²) in [5.74, 6) is 1.15. The molecule has 0 atom stereocenters. The van der Waals surface area contributed by atoms with Crippen LogP contribution in [0.15, 0.2) is 47.0 Å². The number of fused-ring (bicyclic) bond motifs is 2. The lowest BCUT2D eigenvalue weighted by Gasteiger charge is -2.31. The average molecular weight is 407 g/mol. The molecule has 1 saturated heterocycles. The Balaban J connectivity index is 1.16. The van der Waals surface area contributed by atoms with Gasteiger partial charge in [-0.2, -0.15) is 0 Å². The van der Waals surface area contributed by atoms with Crippen LogP contribution < -0.4 is 14.8 Å². The van der Waals surface area contributed by atoms with Gasteiger partial charge in [-0.25, -0.2) is 0 Å². The third-order valence-electron chi connectivity index (χ3n) is 5.63. The summed E-state index contributed by atoms with van der Waals surface area (Å²) in [6.45, 7) is 1.30. The molecule has 0 saturated carbocycles. The monoisotopic (exact) mass is 407 g/mol. The Morgan fingerprint density at radius 1 is 1.07 bits per heavy atom. The van der Waals surface area contributed by atoms with Gasteiger partial charge >= 0.3 is 0 Å². The Morgan fingerprint density at radius 2 is 1.87 bits per heavy atom. The molecule has 2 aliphatic heterocycles. The summed E-state index contributed by atoms with van der Waals surface area (Å²) in [7, 11) is 0. The number of ether oxygens (including phenoxy) is 2. The number of piperidine rings is 1. The van der Waals surface area contributed by atoms with Crippen LogP contribution in [-0.4, -0.2) is 41.8 Å². The molecule has 2 amide bonds. The SMILES string of the molecule is O=C(Nc1ccc2c(c1)OCO2)C1CCN(C(=O)Cc2noc3ccccc23)CC1. The topological polar surface area (TPSA) is 93.9 Å². The van der Waals surface area contributed by atoms with E-state index in [0.29, 0.717) is 54.4 Å². The smallest absolute Gasteiger partial charge is 0.231 e. The van der Waals surface area contributed by atoms with Gasteiger partial charge in [0.2, 0.25) is 18.6 Å². The molecule has 5 rings (SSSR count). The van der Waals surface area contributed by atoms with E-state index in [9.17, 15) is 9.59 Å². The lowest BCUT2D eigenvalue weighted by Crippen LogP contribution is -2.42. The van der Waals surface area contributed by atoms with Crippen LogP contribution in [0.25, 0.3) is 11.0 Å². The normalized spacial score (nSPS) is 16.1. The first-order valence-corrected chi connectivity index (χ1v) is 9.99. The van der Waals surface area contributed by atoms with Crippen molar-refractivity contribution in [1.29, 1.82) is 0 Å². The van der Waals surface area contributed by atoms with Crippen molar-refractivity contribution in [2.45, 2.75) is 19.3 Å². The number of rotatable bonds is 4. The number of para-hydroxylation sites is 1. The van der Waals surface area contributed by atoms with Gasteiger partial charge in [0.1, 0.15) is 5.69 Å². The highest BCUT2D eigenvalue weighted by Gasteiger charge is 2.28. The third-order valence-corrected chi connectivity index (χ3v) is 5.63. The first-order chi connectivity index (χ1) is 14.7. The minimum Gasteiger partial charge on any atom is -0.454 e. The van der Waals surface area contributed by atoms with Gasteiger partial charge < -0.3 is 24.2 Å². The lowest BCUT2D eigenvalue weighted by molar-refractivity contribution is -0.133. The summed E-state index contributed by atoms with van der Waals surface area (Å²) in [6, 6.07) is 12.9. The van der Waals surface area contributed by atoms with Crippen molar-refractivity contribution in [3.63, 3.8) is 0 Å². The summed E-state index contributed by atoms with van der Waals surface area (Å²) >= 11 is 0. The molecule has 1 aromatic heterocycles. The van der Waals surface area contributed by atoms with Crippen molar-refractivity contribution in [1.82, 2.24) is 10.1 Å². The largest absolute Gasteiger partial charge is 0.454 e. The minimum absolute atomic E-state index is 0.00341. The Labute approximate surface area is 172 Å². The molecule has 8 heteroatoms. The molecule has 0 unspecified atom stereocenters. The van der Waals surface area contributed by atoms with Gasteiger partial charge in [-0.1, -0.05) is 17.3 Å². The van der Waals surface area contributed by atoms with Gasteiger partial charge in [0, 0.05) is 36.1 Å². The highest BCUT2D eigenvalue weighted by Crippen LogP contribution is 2.34. The van der Waals surface area contributed by atoms with Crippen molar-refractivity contribution in [3.8, 4) is 11.5 Å². The van der Waals surface area contributed by atoms with E-state index in [0.717, 1.165) is 5.39 Å². The number of hydrogen-bond acceptors (Lipinski definition) is 6. The van der Waals surface area contributed by atoms with Crippen molar-refractivity contribution in [3.05, 3.63) is 48.2 Å². The quantitative estimate of drug-likeness (QED) is 0.715. The molecular weight excluding hydrogens is 386 g/mol. The molecule has 1 N–H and O–H groups in total. The van der Waals surface area contributed by atoms with Gasteiger partial charge in [0.25, 0.3) is 0 Å². The fraction of sp³-hybridized carbons (Fsp3) is 0.318. The molecule has 0 bridgehead atoms. The molecule has 154 valence electrons. The Bertz CT molecular complexity index is 1100. The van der Waals surface area contributed by atoms with Crippen LogP contribution in [-0.2, 0) is 16.0 Å². The van der Waals surface area contributed by atoms with Crippen LogP contribution in [0, 0.1) is 5.92 Å². The van der Waals surface area contributed by atoms with E-state index in [4.69, 9.17) is 14.0 Å². The summed E-state index contributed by atoms with van der Waals surface area (Å²) in [4.78, 5) is 27.1. The molecule has 0 aliphatic carbocycles. The maximum atomic E-state index is 12.7. The number of amides is 2. The molecule has 3 heterocycles. The standard InChI is InChI=1S/C22H21N3O5/c26-21(12-17-16-3-1-2-4-18(16)30-24-17)25-9-7-14(8-10-25)22(27)23-15-5-6-19-20(11-15)29-13-28-19/h1-6,11,14H,7-10,12-13H2,(H,23,27). The van der Waals surface area contributed by atoms with E-state index in [1.165, 1.54) is 0 Å². The number of hydrogen-bond donors (Lipinski definition) is 1. The molecule has 1 fully saturated rings. The molecule has 2 aliphatic rings. The molecule has 0 spiro atoms. The van der Waals surface area contributed by atoms with E-state index < -0.39 is 0 Å². The molecule has 0 radical (unpaired) electrons. The van der Waals surface area contributed by atoms with Crippen molar-refractivity contribution in [2.24, 2.45) is 5.92 Å². The second-order valence-corrected chi connectivity index (χ2v) is 7.51. The van der Waals surface area contributed by atoms with Crippen LogP contribution in [0.2, 0.25) is 0 Å². The highest BCUT2D eigenvalue weighted by atomic mass is 16.7. The van der Waals surface area contributed by atoms with Crippen LogP contribution in [0.1, 0.15) is 18.5 Å². The van der Waals surface area contributed by atoms with Crippen LogP contribution >= 0.6 is 0 Å². The van der Waals surface area contributed by atoms with Crippen molar-refractivity contribution >= 4 is 28.5 Å². The first-order valence-electron chi connectivity index (χ1n) is 9.99. The molecule has 2 aromatic carbocycles. The summed E-state index contributed by atoms with van der Waals surface area (Å²) in [5.41, 5.74) is 2.01. The van der Waals surface area contributed by atoms with E-state index in [-0.39, 0.29) is 30.9 Å². The maximum Gasteiger partial charge on any atom is 0.231 e. The Morgan fingerprint density at radius 3 is 2.73 bits per heavy atom. The molecule has 8 nitrogen and oxygen atoms in total. The van der Waals surface area contributed by atoms with Gasteiger partial charge in [-0.15, -0.1) is 0 Å². The predicted octanol–water partition coefficient (Wildman–Crippen LogP) is 2.98. The zero-order valence-electron chi connectivity index (χ0n) is 16.3. The Kier molecular flexibility index (Phi) is 4.74. The number of carbonyl (C=O) groups is 2. The zero-order valence-corrected chi connectivity index (χ0v) is 16.3. The average Bonchev–Trinajstić information content (AvgIpc) is 3.40. The molecule has 3 aromatic rings. The van der Waals surface area contributed by atoms with E-state index in [1.54, 1.807) is 23.1 Å². The highest BCUT2D eigenvalue weighted by molar-refractivity contribution is 5.93. The second-order valence-electron chi connectivity index (χ2n) is 7.51. The number of likely N-dealkylation sites (tertiary alicyclic amines) is 1. The number of benzene rings is 2. The van der Waals surface area contributed by atoms with Crippen molar-refractivity contribution < 1.29 is 23.6 Å². The van der Waals surface area contributed by atoms with Crippen molar-refractivity contribution in [2.75, 3.05) is 25.2 Å². The Hall–Kier alpha value is -3.55. The fourth-order valence-electron chi connectivity index (χ4n) is 3.93. The van der Waals surface area contributed by atoms with Gasteiger partial charge in [0.05, 0.1) is 6.42 Å². The van der Waals surface area contributed by atoms with Gasteiger partial charge in [-0.3, -0.25) is 9.59 Å². The first kappa shape index (κ1) is 18.5. The fourth-order valence-corrected chi connectivity index (χ4v) is 3.93. The van der Waals surface area contributed by atoms with Gasteiger partial charge in [0.15, 0.2) is 17.1 Å². The van der Waals surface area contributed by atoms with Crippen LogP contribution in [0.3, 0.4) is 0 Å². The summed E-state index contributed by atoms with van der Waals surface area (Å²) in [6.07, 6.45) is 1.45. The number of nitrogens with zero attached hydrogens (tertiary/aromatic N) is 2. The van der Waals surface area contributed by atoms with Crippen LogP contribution in [0.4, 0.5) is 5.69 Å². The number of aromatic nitrogens is 1. The maximum absolute atomic E-state index is 12.7.